The van der Waals surface area contributed by atoms with Gasteiger partial charge in [-0.15, -0.1) is 0 Å². The highest BCUT2D eigenvalue weighted by Crippen LogP contribution is 2.56. The zero-order valence-electron chi connectivity index (χ0n) is 31.5. The van der Waals surface area contributed by atoms with Gasteiger partial charge in [0.05, 0.1) is 17.2 Å². The van der Waals surface area contributed by atoms with Crippen molar-refractivity contribution >= 4 is 27.7 Å². The fraction of sp³-hybridized carbons (Fsp3) is 0.0364. The lowest BCUT2D eigenvalue weighted by Crippen LogP contribution is -2.29. The summed E-state index contributed by atoms with van der Waals surface area (Å²) in [6.45, 7) is 3.77. The van der Waals surface area contributed by atoms with Crippen LogP contribution < -0.4 is 5.32 Å². The van der Waals surface area contributed by atoms with Crippen LogP contribution in [0.5, 0.6) is 0 Å². The fourth-order valence-electron chi connectivity index (χ4n) is 9.08. The summed E-state index contributed by atoms with van der Waals surface area (Å²) in [7, 11) is 0. The molecule has 1 aliphatic heterocycles. The van der Waals surface area contributed by atoms with Gasteiger partial charge in [-0.1, -0.05) is 176 Å². The predicted octanol–water partition coefficient (Wildman–Crippen LogP) is 13.5. The van der Waals surface area contributed by atoms with E-state index in [0.717, 1.165) is 28.0 Å². The summed E-state index contributed by atoms with van der Waals surface area (Å²) in [6.07, 6.45) is 7.49. The maximum atomic E-state index is 8.71. The highest BCUT2D eigenvalue weighted by Gasteiger charge is 2.46. The van der Waals surface area contributed by atoms with Crippen LogP contribution in [0.4, 0.5) is 5.69 Å². The van der Waals surface area contributed by atoms with Crippen molar-refractivity contribution in [1.29, 1.82) is 5.41 Å². The highest BCUT2D eigenvalue weighted by molar-refractivity contribution is 6.05. The summed E-state index contributed by atoms with van der Waals surface area (Å²) < 4.78 is 0. The highest BCUT2D eigenvalue weighted by atomic mass is 14.9. The Bertz CT molecular complexity index is 2860. The van der Waals surface area contributed by atoms with Crippen molar-refractivity contribution in [2.75, 3.05) is 5.32 Å². The van der Waals surface area contributed by atoms with E-state index >= 15 is 0 Å². The zero-order valence-corrected chi connectivity index (χ0v) is 31.5. The van der Waals surface area contributed by atoms with Crippen LogP contribution in [-0.2, 0) is 5.41 Å². The molecule has 1 unspecified atom stereocenters. The SMILES string of the molecule is C=C/C=C\C(=N)C1C=C(c2ccccc2)c2cc(-c3ccc4cc(-c5ccc6c(c5)C(c5ccccc5)(c5ccccc5)c5ccccc5-6)ccc4c3)ccc2N1. The molecule has 10 rings (SSSR count). The van der Waals surface area contributed by atoms with Gasteiger partial charge in [0, 0.05) is 11.3 Å². The second-order valence-electron chi connectivity index (χ2n) is 14.9. The Balaban J connectivity index is 1.03. The van der Waals surface area contributed by atoms with E-state index in [2.05, 4.69) is 200 Å². The first-order valence-corrected chi connectivity index (χ1v) is 19.6. The standard InChI is InChI=1S/C55H40N2/c1-2-3-23-52(56)54-36-48(37-15-7-4-8-16-37)49-34-42(29-31-53(49)57-54)40-26-24-39-33-41(27-25-38(39)32-40)43-28-30-47-46-21-13-14-22-50(46)55(51(47)35-43,44-17-9-5-10-18-44)45-19-11-6-12-20-45/h2-36,54,56-57H,1H2/b23-3-,56-52?. The first-order chi connectivity index (χ1) is 28.1. The Hall–Kier alpha value is -7.29. The lowest BCUT2D eigenvalue weighted by molar-refractivity contribution is 0.769. The van der Waals surface area contributed by atoms with E-state index in [1.54, 1.807) is 12.2 Å². The van der Waals surface area contributed by atoms with Crippen molar-refractivity contribution in [1.82, 2.24) is 0 Å². The zero-order chi connectivity index (χ0) is 38.3. The molecule has 270 valence electrons. The van der Waals surface area contributed by atoms with Crippen LogP contribution >= 0.6 is 0 Å². The minimum absolute atomic E-state index is 0.237. The molecule has 0 saturated carbocycles. The number of hydrogen-bond donors (Lipinski definition) is 2. The average Bonchev–Trinajstić information content (AvgIpc) is 3.58. The van der Waals surface area contributed by atoms with Crippen molar-refractivity contribution in [3.8, 4) is 33.4 Å². The van der Waals surface area contributed by atoms with Crippen LogP contribution in [-0.4, -0.2) is 11.8 Å². The Labute approximate surface area is 334 Å². The van der Waals surface area contributed by atoms with Crippen LogP contribution in [0, 0.1) is 5.41 Å². The lowest BCUT2D eigenvalue weighted by atomic mass is 9.67. The quantitative estimate of drug-likeness (QED) is 0.119. The van der Waals surface area contributed by atoms with Crippen molar-refractivity contribution < 1.29 is 0 Å². The number of hydrogen-bond acceptors (Lipinski definition) is 2. The van der Waals surface area contributed by atoms with E-state index < -0.39 is 5.41 Å². The Morgan fingerprint density at radius 3 is 1.72 bits per heavy atom. The molecule has 0 spiro atoms. The molecular weight excluding hydrogens is 689 g/mol. The predicted molar refractivity (Wildman–Crippen MR) is 240 cm³/mol. The van der Waals surface area contributed by atoms with Gasteiger partial charge in [-0.3, -0.25) is 0 Å². The minimum atomic E-state index is -0.429. The van der Waals surface area contributed by atoms with Crippen molar-refractivity contribution in [2.24, 2.45) is 0 Å². The molecule has 2 heteroatoms. The second kappa shape index (κ2) is 14.1. The molecule has 0 fully saturated rings. The van der Waals surface area contributed by atoms with Crippen LogP contribution in [0.15, 0.2) is 219 Å². The molecule has 57 heavy (non-hydrogen) atoms. The molecule has 0 radical (unpaired) electrons. The van der Waals surface area contributed by atoms with Crippen molar-refractivity contribution in [3.05, 3.63) is 252 Å². The van der Waals surface area contributed by atoms with Crippen molar-refractivity contribution in [2.45, 2.75) is 11.5 Å². The van der Waals surface area contributed by atoms with Gasteiger partial charge in [0.15, 0.2) is 0 Å². The molecule has 0 amide bonds. The number of nitrogens with one attached hydrogen (secondary N) is 2. The van der Waals surface area contributed by atoms with Gasteiger partial charge in [0.25, 0.3) is 0 Å². The summed E-state index contributed by atoms with van der Waals surface area (Å²) in [4.78, 5) is 0. The molecule has 8 aromatic carbocycles. The first-order valence-electron chi connectivity index (χ1n) is 19.6. The smallest absolute Gasteiger partial charge is 0.0872 e. The summed E-state index contributed by atoms with van der Waals surface area (Å²) >= 11 is 0. The molecule has 0 saturated heterocycles. The van der Waals surface area contributed by atoms with E-state index in [0.29, 0.717) is 5.71 Å². The molecule has 1 aliphatic carbocycles. The van der Waals surface area contributed by atoms with E-state index in [1.165, 1.54) is 60.8 Å². The normalized spacial score (nSPS) is 14.9. The minimum Gasteiger partial charge on any atom is -0.373 e. The third kappa shape index (κ3) is 5.77. The molecule has 2 N–H and O–H groups in total. The molecular formula is C55H40N2. The topological polar surface area (TPSA) is 35.9 Å². The Kier molecular flexibility index (Phi) is 8.46. The monoisotopic (exact) mass is 728 g/mol. The molecule has 2 aliphatic rings. The van der Waals surface area contributed by atoms with Crippen LogP contribution in [0.1, 0.15) is 33.4 Å². The largest absolute Gasteiger partial charge is 0.373 e. The molecule has 1 atom stereocenters. The number of anilines is 1. The molecule has 1 heterocycles. The van der Waals surface area contributed by atoms with Gasteiger partial charge in [-0.2, -0.15) is 0 Å². The summed E-state index contributed by atoms with van der Waals surface area (Å²) in [6, 6.07) is 68.5. The third-order valence-electron chi connectivity index (χ3n) is 11.8. The van der Waals surface area contributed by atoms with E-state index in [1.807, 2.05) is 12.1 Å². The summed E-state index contributed by atoms with van der Waals surface area (Å²) in [5.41, 5.74) is 17.0. The summed E-state index contributed by atoms with van der Waals surface area (Å²) in [5.74, 6) is 0. The first kappa shape index (κ1) is 34.2. The van der Waals surface area contributed by atoms with Gasteiger partial charge in [0.2, 0.25) is 0 Å². The van der Waals surface area contributed by atoms with Gasteiger partial charge in [-0.25, -0.2) is 0 Å². The average molecular weight is 729 g/mol. The maximum absolute atomic E-state index is 8.71. The van der Waals surface area contributed by atoms with E-state index in [9.17, 15) is 0 Å². The van der Waals surface area contributed by atoms with E-state index in [4.69, 9.17) is 5.41 Å². The van der Waals surface area contributed by atoms with Crippen LogP contribution in [0.2, 0.25) is 0 Å². The number of allylic oxidation sites excluding steroid dienone is 2. The Morgan fingerprint density at radius 1 is 0.509 bits per heavy atom. The van der Waals surface area contributed by atoms with Gasteiger partial charge < -0.3 is 10.7 Å². The van der Waals surface area contributed by atoms with Crippen LogP contribution in [0.25, 0.3) is 49.7 Å². The van der Waals surface area contributed by atoms with Crippen molar-refractivity contribution in [3.63, 3.8) is 0 Å². The molecule has 0 aromatic heterocycles. The molecule has 2 nitrogen and oxygen atoms in total. The number of fused-ring (bicyclic) bond motifs is 5. The fourth-order valence-corrected chi connectivity index (χ4v) is 9.08. The van der Waals surface area contributed by atoms with Gasteiger partial charge in [0.1, 0.15) is 0 Å². The number of benzene rings is 8. The molecule has 8 aromatic rings. The lowest BCUT2D eigenvalue weighted by Gasteiger charge is -2.34. The van der Waals surface area contributed by atoms with Gasteiger partial charge >= 0.3 is 0 Å². The molecule has 0 bridgehead atoms. The maximum Gasteiger partial charge on any atom is 0.0872 e. The van der Waals surface area contributed by atoms with Crippen LogP contribution in [0.3, 0.4) is 0 Å². The van der Waals surface area contributed by atoms with Gasteiger partial charge in [-0.05, 0) is 120 Å². The third-order valence-corrected chi connectivity index (χ3v) is 11.8. The number of rotatable bonds is 8. The van der Waals surface area contributed by atoms with E-state index in [-0.39, 0.29) is 6.04 Å². The second-order valence-corrected chi connectivity index (χ2v) is 14.9. The Morgan fingerprint density at radius 2 is 1.05 bits per heavy atom. The summed E-state index contributed by atoms with van der Waals surface area (Å²) in [5, 5.41) is 14.7.